The predicted octanol–water partition coefficient (Wildman–Crippen LogP) is 3.36. The highest BCUT2D eigenvalue weighted by molar-refractivity contribution is 6.46. The van der Waals surface area contributed by atoms with Crippen LogP contribution in [-0.4, -0.2) is 59.9 Å². The number of nitrogens with zero attached hydrogens (tertiary/aromatic N) is 2. The Morgan fingerprint density at radius 1 is 1.17 bits per heavy atom. The van der Waals surface area contributed by atoms with Gasteiger partial charge in [0.05, 0.1) is 11.7 Å². The molecule has 2 aromatic rings. The van der Waals surface area contributed by atoms with Crippen LogP contribution in [0.25, 0.3) is 5.76 Å². The number of likely N-dealkylation sites (tertiary alicyclic amines) is 1. The molecule has 0 radical (unpaired) electrons. The Morgan fingerprint density at radius 2 is 1.83 bits per heavy atom. The normalized spacial score (nSPS) is 18.6. The molecule has 160 valence electrons. The van der Waals surface area contributed by atoms with Gasteiger partial charge in [-0.3, -0.25) is 9.59 Å². The van der Waals surface area contributed by atoms with Crippen LogP contribution in [0.2, 0.25) is 0 Å². The van der Waals surface area contributed by atoms with E-state index in [2.05, 4.69) is 0 Å². The highest BCUT2D eigenvalue weighted by Gasteiger charge is 2.47. The molecule has 1 saturated heterocycles. The molecule has 7 nitrogen and oxygen atoms in total. The quantitative estimate of drug-likeness (QED) is 0.427. The van der Waals surface area contributed by atoms with E-state index in [0.717, 1.165) is 0 Å². The standard InChI is InChI=1S/C23H28N2O5/c1-14(2)29-17-9-7-16(8-10-17)21(26)19-20(18-11-6-15(3)30-18)25(13-12-24(4)5)23(28)22(19)27/h6-11,14,20,26H,12-13H2,1-5H3. The van der Waals surface area contributed by atoms with E-state index in [4.69, 9.17) is 9.15 Å². The van der Waals surface area contributed by atoms with Crippen LogP contribution in [0, 0.1) is 6.92 Å². The third-order valence-electron chi connectivity index (χ3n) is 4.86. The molecule has 0 aliphatic carbocycles. The molecule has 1 aromatic carbocycles. The van der Waals surface area contributed by atoms with E-state index in [-0.39, 0.29) is 17.4 Å². The molecule has 1 atom stereocenters. The average molecular weight is 412 g/mol. The summed E-state index contributed by atoms with van der Waals surface area (Å²) in [6, 6.07) is 9.54. The van der Waals surface area contributed by atoms with E-state index in [1.807, 2.05) is 32.8 Å². The fraction of sp³-hybridized carbons (Fsp3) is 0.391. The van der Waals surface area contributed by atoms with Crippen molar-refractivity contribution in [2.45, 2.75) is 32.9 Å². The maximum absolute atomic E-state index is 12.9. The molecule has 0 spiro atoms. The lowest BCUT2D eigenvalue weighted by Crippen LogP contribution is -2.35. The number of aryl methyl sites for hydroxylation is 1. The van der Waals surface area contributed by atoms with Crippen LogP contribution in [0.3, 0.4) is 0 Å². The van der Waals surface area contributed by atoms with Crippen molar-refractivity contribution in [3.8, 4) is 5.75 Å². The number of ether oxygens (including phenoxy) is 1. The summed E-state index contributed by atoms with van der Waals surface area (Å²) in [6.45, 7) is 6.55. The largest absolute Gasteiger partial charge is 0.507 e. The van der Waals surface area contributed by atoms with Gasteiger partial charge in [-0.05, 0) is 71.3 Å². The van der Waals surface area contributed by atoms with E-state index in [9.17, 15) is 14.7 Å². The summed E-state index contributed by atoms with van der Waals surface area (Å²) in [5.41, 5.74) is 0.468. The van der Waals surface area contributed by atoms with Gasteiger partial charge in [-0.2, -0.15) is 0 Å². The number of amides is 1. The SMILES string of the molecule is Cc1ccc(C2C(=C(O)c3ccc(OC(C)C)cc3)C(=O)C(=O)N2CCN(C)C)o1. The molecule has 1 N–H and O–H groups in total. The van der Waals surface area contributed by atoms with E-state index < -0.39 is 17.7 Å². The minimum atomic E-state index is -0.773. The first-order chi connectivity index (χ1) is 14.2. The van der Waals surface area contributed by atoms with Crippen LogP contribution in [0.4, 0.5) is 0 Å². The number of Topliss-reactive ketones (excluding diaryl/α,β-unsaturated/α-hetero) is 1. The first-order valence-electron chi connectivity index (χ1n) is 9.95. The Balaban J connectivity index is 2.04. The zero-order valence-corrected chi connectivity index (χ0v) is 18.0. The van der Waals surface area contributed by atoms with Gasteiger partial charge >= 0.3 is 0 Å². The van der Waals surface area contributed by atoms with Gasteiger partial charge in [0.1, 0.15) is 29.1 Å². The fourth-order valence-corrected chi connectivity index (χ4v) is 3.43. The van der Waals surface area contributed by atoms with Crippen LogP contribution in [0.1, 0.15) is 37.0 Å². The van der Waals surface area contributed by atoms with E-state index in [0.29, 0.717) is 35.9 Å². The van der Waals surface area contributed by atoms with Crippen molar-refractivity contribution < 1.29 is 23.8 Å². The predicted molar refractivity (Wildman–Crippen MR) is 113 cm³/mol. The van der Waals surface area contributed by atoms with Crippen LogP contribution in [-0.2, 0) is 9.59 Å². The summed E-state index contributed by atoms with van der Waals surface area (Å²) in [4.78, 5) is 29.1. The van der Waals surface area contributed by atoms with Crippen molar-refractivity contribution in [2.24, 2.45) is 0 Å². The van der Waals surface area contributed by atoms with Crippen LogP contribution >= 0.6 is 0 Å². The average Bonchev–Trinajstić information content (AvgIpc) is 3.21. The minimum absolute atomic E-state index is 0.0219. The number of aliphatic hydroxyl groups is 1. The first-order valence-corrected chi connectivity index (χ1v) is 9.95. The highest BCUT2D eigenvalue weighted by atomic mass is 16.5. The maximum Gasteiger partial charge on any atom is 0.295 e. The van der Waals surface area contributed by atoms with Crippen molar-refractivity contribution in [3.63, 3.8) is 0 Å². The second-order valence-corrected chi connectivity index (χ2v) is 7.94. The van der Waals surface area contributed by atoms with Gasteiger partial charge in [-0.1, -0.05) is 0 Å². The molecule has 1 fully saturated rings. The summed E-state index contributed by atoms with van der Waals surface area (Å²) < 4.78 is 11.4. The molecule has 1 amide bonds. The molecule has 0 saturated carbocycles. The molecule has 1 unspecified atom stereocenters. The summed E-state index contributed by atoms with van der Waals surface area (Å²) in [5.74, 6) is 0.192. The van der Waals surface area contributed by atoms with Crippen molar-refractivity contribution in [3.05, 3.63) is 59.1 Å². The fourth-order valence-electron chi connectivity index (χ4n) is 3.43. The van der Waals surface area contributed by atoms with Gasteiger partial charge in [0.25, 0.3) is 11.7 Å². The van der Waals surface area contributed by atoms with E-state index in [1.165, 1.54) is 4.90 Å². The molecule has 1 aliphatic rings. The Kier molecular flexibility index (Phi) is 6.31. The van der Waals surface area contributed by atoms with Gasteiger partial charge < -0.3 is 24.1 Å². The number of carbonyl (C=O) groups is 2. The number of benzene rings is 1. The second kappa shape index (κ2) is 8.75. The van der Waals surface area contributed by atoms with Crippen molar-refractivity contribution >= 4 is 17.4 Å². The molecular weight excluding hydrogens is 384 g/mol. The molecule has 0 bridgehead atoms. The van der Waals surface area contributed by atoms with Gasteiger partial charge in [-0.15, -0.1) is 0 Å². The van der Waals surface area contributed by atoms with Crippen LogP contribution in [0.5, 0.6) is 5.75 Å². The van der Waals surface area contributed by atoms with E-state index in [1.54, 1.807) is 43.3 Å². The van der Waals surface area contributed by atoms with Gasteiger partial charge in [0, 0.05) is 18.7 Å². The number of carbonyl (C=O) groups excluding carboxylic acids is 2. The summed E-state index contributed by atoms with van der Waals surface area (Å²) in [7, 11) is 3.78. The molecule has 1 aromatic heterocycles. The number of furan rings is 1. The molecular formula is C23H28N2O5. The summed E-state index contributed by atoms with van der Waals surface area (Å²) in [6.07, 6.45) is 0.0219. The molecule has 2 heterocycles. The Hall–Kier alpha value is -3.06. The Bertz CT molecular complexity index is 956. The number of ketones is 1. The first kappa shape index (κ1) is 21.6. The smallest absolute Gasteiger partial charge is 0.295 e. The topological polar surface area (TPSA) is 83.2 Å². The summed E-state index contributed by atoms with van der Waals surface area (Å²) >= 11 is 0. The minimum Gasteiger partial charge on any atom is -0.507 e. The number of aliphatic hydroxyl groups excluding tert-OH is 1. The highest BCUT2D eigenvalue weighted by Crippen LogP contribution is 2.40. The van der Waals surface area contributed by atoms with Crippen molar-refractivity contribution in [2.75, 3.05) is 27.2 Å². The second-order valence-electron chi connectivity index (χ2n) is 7.94. The molecule has 3 rings (SSSR count). The Labute approximate surface area is 176 Å². The van der Waals surface area contributed by atoms with Crippen molar-refractivity contribution in [1.82, 2.24) is 9.80 Å². The number of rotatable bonds is 7. The third-order valence-corrected chi connectivity index (χ3v) is 4.86. The third kappa shape index (κ3) is 4.41. The van der Waals surface area contributed by atoms with Crippen LogP contribution in [0.15, 0.2) is 46.4 Å². The molecule has 30 heavy (non-hydrogen) atoms. The molecule has 1 aliphatic heterocycles. The Morgan fingerprint density at radius 3 is 2.37 bits per heavy atom. The van der Waals surface area contributed by atoms with Gasteiger partial charge in [0.15, 0.2) is 0 Å². The number of hydrogen-bond donors (Lipinski definition) is 1. The van der Waals surface area contributed by atoms with Crippen LogP contribution < -0.4 is 4.74 Å². The molecule has 7 heteroatoms. The lowest BCUT2D eigenvalue weighted by atomic mass is 9.99. The lowest BCUT2D eigenvalue weighted by molar-refractivity contribution is -0.140. The number of hydrogen-bond acceptors (Lipinski definition) is 6. The zero-order chi connectivity index (χ0) is 22.0. The van der Waals surface area contributed by atoms with Crippen molar-refractivity contribution in [1.29, 1.82) is 0 Å². The lowest BCUT2D eigenvalue weighted by Gasteiger charge is -2.24. The monoisotopic (exact) mass is 412 g/mol. The van der Waals surface area contributed by atoms with E-state index >= 15 is 0 Å². The van der Waals surface area contributed by atoms with Gasteiger partial charge in [0.2, 0.25) is 0 Å². The zero-order valence-electron chi connectivity index (χ0n) is 18.0. The van der Waals surface area contributed by atoms with Gasteiger partial charge in [-0.25, -0.2) is 0 Å². The number of likely N-dealkylation sites (N-methyl/N-ethyl adjacent to an activating group) is 1. The summed E-state index contributed by atoms with van der Waals surface area (Å²) in [5, 5.41) is 11.0. The maximum atomic E-state index is 12.9.